The second-order valence-electron chi connectivity index (χ2n) is 7.11. The molecule has 0 aliphatic carbocycles. The zero-order valence-corrected chi connectivity index (χ0v) is 17.9. The highest BCUT2D eigenvalue weighted by molar-refractivity contribution is 5.26. The molecular formula is C22H14F12O3. The Morgan fingerprint density at radius 3 is 1.00 bits per heavy atom. The van der Waals surface area contributed by atoms with E-state index >= 15 is 0 Å². The number of hydrogen-bond acceptors (Lipinski definition) is 3. The van der Waals surface area contributed by atoms with Gasteiger partial charge in [0.1, 0.15) is 11.5 Å². The van der Waals surface area contributed by atoms with Crippen LogP contribution in [-0.2, 0) is 4.74 Å². The molecule has 2 unspecified atom stereocenters. The van der Waals surface area contributed by atoms with E-state index in [1.165, 1.54) is 12.1 Å². The number of ether oxygens (including phenoxy) is 3. The summed E-state index contributed by atoms with van der Waals surface area (Å²) >= 11 is 0. The maximum absolute atomic E-state index is 14.7. The van der Waals surface area contributed by atoms with Crippen molar-refractivity contribution in [2.24, 2.45) is 0 Å². The van der Waals surface area contributed by atoms with Gasteiger partial charge in [-0.1, -0.05) is 49.6 Å². The number of alkyl halides is 12. The highest BCUT2D eigenvalue weighted by atomic mass is 19.4. The van der Waals surface area contributed by atoms with Crippen molar-refractivity contribution in [3.05, 3.63) is 85.3 Å². The van der Waals surface area contributed by atoms with Gasteiger partial charge >= 0.3 is 35.9 Å². The highest BCUT2D eigenvalue weighted by Crippen LogP contribution is 2.53. The van der Waals surface area contributed by atoms with Gasteiger partial charge in [0.05, 0.1) is 0 Å². The van der Waals surface area contributed by atoms with Crippen LogP contribution in [0.4, 0.5) is 52.7 Å². The van der Waals surface area contributed by atoms with Gasteiger partial charge in [0.15, 0.2) is 11.5 Å². The molecule has 2 aromatic carbocycles. The van der Waals surface area contributed by atoms with E-state index in [0.717, 1.165) is 24.3 Å². The van der Waals surface area contributed by atoms with Crippen molar-refractivity contribution in [2.75, 3.05) is 0 Å². The Hall–Kier alpha value is -3.52. The van der Waals surface area contributed by atoms with Gasteiger partial charge in [0.25, 0.3) is 0 Å². The SMILES string of the molecule is C=C(OC(=C)C(F)(F)C(F)(Oc1ccccc1)C(F)(F)F)C(F)(F)C(F)(Oc1ccccc1)C(F)(F)F. The number of rotatable bonds is 10. The highest BCUT2D eigenvalue weighted by Gasteiger charge is 2.79. The van der Waals surface area contributed by atoms with Crippen molar-refractivity contribution in [2.45, 2.75) is 35.9 Å². The molecule has 2 atom stereocenters. The molecule has 3 nitrogen and oxygen atoms in total. The maximum atomic E-state index is 14.7. The van der Waals surface area contributed by atoms with E-state index in [1.54, 1.807) is 0 Å². The van der Waals surface area contributed by atoms with Crippen LogP contribution in [0, 0.1) is 0 Å². The summed E-state index contributed by atoms with van der Waals surface area (Å²) in [5.41, 5.74) is 0. The molecule has 0 spiro atoms. The Morgan fingerprint density at radius 1 is 0.486 bits per heavy atom. The molecule has 2 rings (SSSR count). The van der Waals surface area contributed by atoms with Gasteiger partial charge in [0.2, 0.25) is 0 Å². The molecule has 0 amide bonds. The molecule has 0 saturated heterocycles. The predicted molar refractivity (Wildman–Crippen MR) is 103 cm³/mol. The van der Waals surface area contributed by atoms with Crippen LogP contribution >= 0.6 is 0 Å². The lowest BCUT2D eigenvalue weighted by Crippen LogP contribution is -2.62. The monoisotopic (exact) mass is 554 g/mol. The van der Waals surface area contributed by atoms with Crippen molar-refractivity contribution in [1.82, 2.24) is 0 Å². The molecule has 0 heterocycles. The third-order valence-electron chi connectivity index (χ3n) is 4.49. The van der Waals surface area contributed by atoms with E-state index in [0.29, 0.717) is 24.3 Å². The lowest BCUT2D eigenvalue weighted by molar-refractivity contribution is -0.375. The first-order valence-electron chi connectivity index (χ1n) is 9.52. The average Bonchev–Trinajstić information content (AvgIpc) is 2.78. The summed E-state index contributed by atoms with van der Waals surface area (Å²) in [5, 5.41) is 0. The molecule has 37 heavy (non-hydrogen) atoms. The van der Waals surface area contributed by atoms with E-state index in [1.807, 2.05) is 0 Å². The molecule has 0 N–H and O–H groups in total. The van der Waals surface area contributed by atoms with Gasteiger partial charge in [-0.15, -0.1) is 0 Å². The standard InChI is InChI=1S/C22H14F12O3/c1-13(17(23,24)19(27,21(29,30)31)36-15-9-5-3-6-10-15)35-14(2)18(25,26)20(28,22(32,33)34)37-16-11-7-4-8-12-16/h3-12H,1-2H2. The van der Waals surface area contributed by atoms with Crippen LogP contribution in [0.2, 0.25) is 0 Å². The Balaban J connectivity index is 2.43. The van der Waals surface area contributed by atoms with Crippen LogP contribution in [0.5, 0.6) is 11.5 Å². The second-order valence-corrected chi connectivity index (χ2v) is 7.11. The van der Waals surface area contributed by atoms with Crippen molar-refractivity contribution >= 4 is 0 Å². The average molecular weight is 554 g/mol. The molecular weight excluding hydrogens is 540 g/mol. The van der Waals surface area contributed by atoms with Crippen molar-refractivity contribution in [3.8, 4) is 11.5 Å². The molecule has 15 heteroatoms. The number of halogens is 12. The van der Waals surface area contributed by atoms with Crippen LogP contribution in [0.1, 0.15) is 0 Å². The Labute approximate surface area is 200 Å². The summed E-state index contributed by atoms with van der Waals surface area (Å²) in [4.78, 5) is 0. The van der Waals surface area contributed by atoms with Crippen LogP contribution in [-0.4, -0.2) is 35.9 Å². The fourth-order valence-electron chi connectivity index (χ4n) is 2.54. The molecule has 0 bridgehead atoms. The van der Waals surface area contributed by atoms with E-state index in [4.69, 9.17) is 0 Å². The first-order chi connectivity index (χ1) is 16.7. The maximum Gasteiger partial charge on any atom is 0.467 e. The van der Waals surface area contributed by atoms with Gasteiger partial charge in [0, 0.05) is 0 Å². The largest absolute Gasteiger partial charge is 0.467 e. The lowest BCUT2D eigenvalue weighted by atomic mass is 10.1. The normalized spacial score (nSPS) is 16.2. The van der Waals surface area contributed by atoms with Gasteiger partial charge in [-0.3, -0.25) is 0 Å². The van der Waals surface area contributed by atoms with Crippen molar-refractivity contribution in [1.29, 1.82) is 0 Å². The Kier molecular flexibility index (Phi) is 7.82. The summed E-state index contributed by atoms with van der Waals surface area (Å²) < 4.78 is 179. The van der Waals surface area contributed by atoms with E-state index < -0.39 is 58.9 Å². The Bertz CT molecular complexity index is 1010. The van der Waals surface area contributed by atoms with E-state index in [-0.39, 0.29) is 0 Å². The topological polar surface area (TPSA) is 27.7 Å². The van der Waals surface area contributed by atoms with Crippen LogP contribution < -0.4 is 9.47 Å². The zero-order chi connectivity index (χ0) is 28.5. The molecule has 0 saturated carbocycles. The van der Waals surface area contributed by atoms with Crippen LogP contribution in [0.15, 0.2) is 85.3 Å². The van der Waals surface area contributed by atoms with Gasteiger partial charge in [-0.25, -0.2) is 0 Å². The van der Waals surface area contributed by atoms with Crippen LogP contribution in [0.3, 0.4) is 0 Å². The zero-order valence-electron chi connectivity index (χ0n) is 17.9. The minimum Gasteiger partial charge on any atom is -0.454 e. The summed E-state index contributed by atoms with van der Waals surface area (Å²) in [6, 6.07) is 8.70. The van der Waals surface area contributed by atoms with E-state index in [2.05, 4.69) is 27.4 Å². The molecule has 0 aliphatic rings. The first-order valence-corrected chi connectivity index (χ1v) is 9.52. The quantitative estimate of drug-likeness (QED) is 0.221. The molecule has 0 aromatic heterocycles. The summed E-state index contributed by atoms with van der Waals surface area (Å²) in [7, 11) is 0. The fraction of sp³-hybridized carbons (Fsp3) is 0.273. The number of para-hydroxylation sites is 2. The van der Waals surface area contributed by atoms with Gasteiger partial charge < -0.3 is 14.2 Å². The van der Waals surface area contributed by atoms with E-state index in [9.17, 15) is 52.7 Å². The second kappa shape index (κ2) is 9.74. The summed E-state index contributed by atoms with van der Waals surface area (Å²) in [6.45, 7) is 4.40. The fourth-order valence-corrected chi connectivity index (χ4v) is 2.54. The number of benzene rings is 2. The Morgan fingerprint density at radius 2 is 0.757 bits per heavy atom. The minimum atomic E-state index is -6.59. The molecule has 2 aromatic rings. The third-order valence-corrected chi connectivity index (χ3v) is 4.49. The van der Waals surface area contributed by atoms with Gasteiger partial charge in [-0.2, -0.15) is 52.7 Å². The molecule has 0 radical (unpaired) electrons. The number of hydrogen-bond donors (Lipinski definition) is 0. The van der Waals surface area contributed by atoms with Gasteiger partial charge in [-0.05, 0) is 24.3 Å². The van der Waals surface area contributed by atoms with Crippen molar-refractivity contribution in [3.63, 3.8) is 0 Å². The lowest BCUT2D eigenvalue weighted by Gasteiger charge is -2.37. The molecule has 204 valence electrons. The summed E-state index contributed by atoms with van der Waals surface area (Å²) in [5.74, 6) is -32.2. The minimum absolute atomic E-state index is 0.620. The molecule has 0 aliphatic heterocycles. The first kappa shape index (κ1) is 29.7. The van der Waals surface area contributed by atoms with Crippen molar-refractivity contribution < 1.29 is 66.9 Å². The van der Waals surface area contributed by atoms with Crippen LogP contribution in [0.25, 0.3) is 0 Å². The predicted octanol–water partition coefficient (Wildman–Crippen LogP) is 7.92. The summed E-state index contributed by atoms with van der Waals surface area (Å²) in [6.07, 6.45) is -13.2. The third kappa shape index (κ3) is 5.44. The molecule has 0 fully saturated rings. The smallest absolute Gasteiger partial charge is 0.454 e.